The van der Waals surface area contributed by atoms with Gasteiger partial charge in [0.25, 0.3) is 0 Å². The third kappa shape index (κ3) is 1.41. The molecule has 7 heteroatoms. The quantitative estimate of drug-likeness (QED) is 0.502. The molecule has 1 spiro atoms. The highest BCUT2D eigenvalue weighted by molar-refractivity contribution is 9.10. The minimum absolute atomic E-state index is 0.0339. The molecule has 2 fully saturated rings. The average Bonchev–Trinajstić information content (AvgIpc) is 2.76. The Bertz CT molecular complexity index is 424. The second kappa shape index (κ2) is 3.06. The first-order valence-electron chi connectivity index (χ1n) is 5.18. The van der Waals surface area contributed by atoms with Crippen LogP contribution in [0.5, 0.6) is 0 Å². The van der Waals surface area contributed by atoms with Gasteiger partial charge in [0, 0.05) is 6.54 Å². The molecular weight excluding hydrogens is 303 g/mol. The van der Waals surface area contributed by atoms with Crippen LogP contribution in [-0.2, 0) is 9.53 Å². The monoisotopic (exact) mass is 311 g/mol. The number of ether oxygens (including phenoxy) is 1. The largest absolute Gasteiger partial charge is 0.471 e. The standard InChI is InChI=1S/C10H9BrF3NO2/c11-8-3-6-1-2-9(8,17-6)5-15(4-8)7(16)10(12,13)14/h1-2,6H,3-5H2/t6-,8-,9-/m1/s1. The maximum absolute atomic E-state index is 12.4. The Morgan fingerprint density at radius 1 is 1.47 bits per heavy atom. The van der Waals surface area contributed by atoms with E-state index < -0.39 is 22.0 Å². The molecule has 3 aliphatic heterocycles. The first kappa shape index (κ1) is 11.5. The average molecular weight is 312 g/mol. The van der Waals surface area contributed by atoms with Crippen molar-refractivity contribution >= 4 is 21.8 Å². The van der Waals surface area contributed by atoms with Crippen LogP contribution in [-0.4, -0.2) is 46.1 Å². The van der Waals surface area contributed by atoms with Gasteiger partial charge in [-0.2, -0.15) is 13.2 Å². The molecule has 3 atom stereocenters. The lowest BCUT2D eigenvalue weighted by Crippen LogP contribution is -2.43. The fourth-order valence-electron chi connectivity index (χ4n) is 2.86. The van der Waals surface area contributed by atoms with E-state index in [4.69, 9.17) is 4.74 Å². The first-order valence-corrected chi connectivity index (χ1v) is 5.97. The maximum atomic E-state index is 12.4. The summed E-state index contributed by atoms with van der Waals surface area (Å²) in [5.74, 6) is -1.79. The summed E-state index contributed by atoms with van der Waals surface area (Å²) < 4.78 is 42.2. The third-order valence-corrected chi connectivity index (χ3v) is 4.87. The van der Waals surface area contributed by atoms with Gasteiger partial charge in [-0.15, -0.1) is 0 Å². The van der Waals surface area contributed by atoms with Gasteiger partial charge in [0.2, 0.25) is 0 Å². The number of fused-ring (bicyclic) bond motifs is 1. The van der Waals surface area contributed by atoms with E-state index in [1.165, 1.54) is 0 Å². The number of carbonyl (C=O) groups is 1. The second-order valence-corrected chi connectivity index (χ2v) is 6.25. The van der Waals surface area contributed by atoms with E-state index in [2.05, 4.69) is 15.9 Å². The van der Waals surface area contributed by atoms with Crippen molar-refractivity contribution in [2.45, 2.75) is 28.6 Å². The predicted octanol–water partition coefficient (Wildman–Crippen LogP) is 1.62. The Morgan fingerprint density at radius 2 is 2.18 bits per heavy atom. The van der Waals surface area contributed by atoms with E-state index >= 15 is 0 Å². The van der Waals surface area contributed by atoms with E-state index in [0.29, 0.717) is 6.42 Å². The van der Waals surface area contributed by atoms with Crippen LogP contribution in [0.3, 0.4) is 0 Å². The zero-order valence-corrected chi connectivity index (χ0v) is 10.2. The van der Waals surface area contributed by atoms with Gasteiger partial charge < -0.3 is 9.64 Å². The molecule has 3 nitrogen and oxygen atoms in total. The van der Waals surface area contributed by atoms with Gasteiger partial charge in [-0.3, -0.25) is 4.79 Å². The highest BCUT2D eigenvalue weighted by Crippen LogP contribution is 2.55. The normalized spacial score (nSPS) is 43.3. The summed E-state index contributed by atoms with van der Waals surface area (Å²) in [7, 11) is 0. The van der Waals surface area contributed by atoms with E-state index in [0.717, 1.165) is 4.90 Å². The number of alkyl halides is 4. The summed E-state index contributed by atoms with van der Waals surface area (Å²) >= 11 is 3.46. The van der Waals surface area contributed by atoms with Crippen LogP contribution in [0.2, 0.25) is 0 Å². The smallest absolute Gasteiger partial charge is 0.360 e. The fourth-order valence-corrected chi connectivity index (χ4v) is 3.84. The summed E-state index contributed by atoms with van der Waals surface area (Å²) in [6.07, 6.45) is -0.635. The highest BCUT2D eigenvalue weighted by atomic mass is 79.9. The minimum atomic E-state index is -4.82. The molecule has 3 aliphatic rings. The molecule has 0 aromatic rings. The Morgan fingerprint density at radius 3 is 2.71 bits per heavy atom. The molecule has 0 aliphatic carbocycles. The number of amides is 1. The number of halogens is 4. The SMILES string of the molecule is O=C(N1C[C@]2(Br)C[C@H]3C=C[C@]2(C1)O3)C(F)(F)F. The van der Waals surface area contributed by atoms with Crippen LogP contribution < -0.4 is 0 Å². The van der Waals surface area contributed by atoms with Crippen molar-refractivity contribution in [2.24, 2.45) is 0 Å². The Kier molecular flexibility index (Phi) is 2.07. The van der Waals surface area contributed by atoms with Crippen molar-refractivity contribution in [3.63, 3.8) is 0 Å². The zero-order chi connectivity index (χ0) is 12.5. The molecule has 94 valence electrons. The topological polar surface area (TPSA) is 29.5 Å². The maximum Gasteiger partial charge on any atom is 0.471 e. The molecule has 0 N–H and O–H groups in total. The van der Waals surface area contributed by atoms with Gasteiger partial charge >= 0.3 is 12.1 Å². The number of carbonyl (C=O) groups excluding carboxylic acids is 1. The molecule has 0 saturated carbocycles. The van der Waals surface area contributed by atoms with E-state index in [9.17, 15) is 18.0 Å². The fraction of sp³-hybridized carbons (Fsp3) is 0.700. The zero-order valence-electron chi connectivity index (χ0n) is 8.63. The summed E-state index contributed by atoms with van der Waals surface area (Å²) in [6, 6.07) is 0. The molecule has 3 heterocycles. The van der Waals surface area contributed by atoms with Crippen LogP contribution in [0, 0.1) is 0 Å². The number of hydrogen-bond acceptors (Lipinski definition) is 2. The van der Waals surface area contributed by atoms with Crippen LogP contribution in [0.4, 0.5) is 13.2 Å². The summed E-state index contributed by atoms with van der Waals surface area (Å²) in [6.45, 7) is -0.00419. The van der Waals surface area contributed by atoms with Crippen molar-refractivity contribution in [3.05, 3.63) is 12.2 Å². The van der Waals surface area contributed by atoms with Crippen molar-refractivity contribution in [1.82, 2.24) is 4.90 Å². The molecular formula is C10H9BrF3NO2. The molecule has 3 rings (SSSR count). The lowest BCUT2D eigenvalue weighted by Gasteiger charge is -2.28. The van der Waals surface area contributed by atoms with E-state index in [1.54, 1.807) is 6.08 Å². The van der Waals surface area contributed by atoms with Crippen molar-refractivity contribution in [3.8, 4) is 0 Å². The van der Waals surface area contributed by atoms with Crippen LogP contribution in [0.25, 0.3) is 0 Å². The Labute approximate surface area is 104 Å². The molecule has 17 heavy (non-hydrogen) atoms. The van der Waals surface area contributed by atoms with Crippen molar-refractivity contribution in [2.75, 3.05) is 13.1 Å². The number of rotatable bonds is 0. The summed E-state index contributed by atoms with van der Waals surface area (Å²) in [4.78, 5) is 12.0. The van der Waals surface area contributed by atoms with Gasteiger partial charge in [0.05, 0.1) is 17.0 Å². The first-order chi connectivity index (χ1) is 7.76. The highest BCUT2D eigenvalue weighted by Gasteiger charge is 2.66. The van der Waals surface area contributed by atoms with Gasteiger partial charge in [0.1, 0.15) is 5.60 Å². The minimum Gasteiger partial charge on any atom is -0.360 e. The van der Waals surface area contributed by atoms with Crippen LogP contribution in [0.1, 0.15) is 6.42 Å². The number of likely N-dealkylation sites (tertiary alicyclic amines) is 1. The van der Waals surface area contributed by atoms with Crippen LogP contribution in [0.15, 0.2) is 12.2 Å². The van der Waals surface area contributed by atoms with E-state index in [1.807, 2.05) is 6.08 Å². The Balaban J connectivity index is 1.87. The molecule has 2 saturated heterocycles. The van der Waals surface area contributed by atoms with Crippen molar-refractivity contribution in [1.29, 1.82) is 0 Å². The molecule has 0 radical (unpaired) electrons. The number of nitrogens with zero attached hydrogens (tertiary/aromatic N) is 1. The molecule has 1 amide bonds. The van der Waals surface area contributed by atoms with Crippen LogP contribution >= 0.6 is 15.9 Å². The lowest BCUT2D eigenvalue weighted by molar-refractivity contribution is -0.185. The molecule has 0 unspecified atom stereocenters. The van der Waals surface area contributed by atoms with Gasteiger partial charge in [-0.1, -0.05) is 28.1 Å². The predicted molar refractivity (Wildman–Crippen MR) is 55.7 cm³/mol. The van der Waals surface area contributed by atoms with Gasteiger partial charge in [0.15, 0.2) is 0 Å². The summed E-state index contributed by atoms with van der Waals surface area (Å²) in [5, 5.41) is 0. The van der Waals surface area contributed by atoms with Gasteiger partial charge in [-0.25, -0.2) is 0 Å². The molecule has 2 bridgehead atoms. The second-order valence-electron chi connectivity index (χ2n) is 4.73. The van der Waals surface area contributed by atoms with Gasteiger partial charge in [-0.05, 0) is 6.42 Å². The third-order valence-electron chi connectivity index (χ3n) is 3.62. The summed E-state index contributed by atoms with van der Waals surface area (Å²) in [5.41, 5.74) is -0.779. The molecule has 0 aromatic carbocycles. The van der Waals surface area contributed by atoms with Crippen molar-refractivity contribution < 1.29 is 22.7 Å². The lowest BCUT2D eigenvalue weighted by atomic mass is 9.86. The number of hydrogen-bond donors (Lipinski definition) is 0. The van der Waals surface area contributed by atoms with E-state index in [-0.39, 0.29) is 19.2 Å². The molecule has 0 aromatic heterocycles. The Hall–Kier alpha value is -0.560.